The number of benzene rings is 2. The molecule has 1 aliphatic rings. The Hall–Kier alpha value is -3.21. The first-order chi connectivity index (χ1) is 12.8. The van der Waals surface area contributed by atoms with Gasteiger partial charge >= 0.3 is 5.97 Å². The predicted molar refractivity (Wildman–Crippen MR) is 105 cm³/mol. The molecule has 5 nitrogen and oxygen atoms in total. The SMILES string of the molecule is C=CC(=O)N1N=Cc2ccccc2C1c1ccc(C(=O)OC(C)(C)C)cc1. The molecule has 27 heavy (non-hydrogen) atoms. The van der Waals surface area contributed by atoms with Crippen molar-refractivity contribution in [3.8, 4) is 0 Å². The Balaban J connectivity index is 1.97. The van der Waals surface area contributed by atoms with Crippen molar-refractivity contribution in [2.45, 2.75) is 32.4 Å². The Morgan fingerprint density at radius 3 is 2.41 bits per heavy atom. The number of amides is 1. The Bertz CT molecular complexity index is 908. The van der Waals surface area contributed by atoms with E-state index < -0.39 is 5.60 Å². The number of rotatable bonds is 3. The van der Waals surface area contributed by atoms with Crippen LogP contribution >= 0.6 is 0 Å². The van der Waals surface area contributed by atoms with Gasteiger partial charge in [0.1, 0.15) is 11.6 Å². The van der Waals surface area contributed by atoms with Gasteiger partial charge in [-0.05, 0) is 50.1 Å². The van der Waals surface area contributed by atoms with E-state index in [1.54, 1.807) is 18.3 Å². The van der Waals surface area contributed by atoms with Crippen molar-refractivity contribution < 1.29 is 14.3 Å². The zero-order valence-electron chi connectivity index (χ0n) is 15.7. The minimum absolute atomic E-state index is 0.290. The number of nitrogens with zero attached hydrogens (tertiary/aromatic N) is 2. The second kappa shape index (κ2) is 7.19. The summed E-state index contributed by atoms with van der Waals surface area (Å²) in [6.07, 6.45) is 2.91. The first-order valence-corrected chi connectivity index (χ1v) is 8.72. The zero-order valence-corrected chi connectivity index (χ0v) is 15.7. The van der Waals surface area contributed by atoms with Crippen molar-refractivity contribution in [2.75, 3.05) is 0 Å². The lowest BCUT2D eigenvalue weighted by atomic mass is 9.92. The number of carbonyl (C=O) groups is 2. The number of hydrazone groups is 1. The second-order valence-corrected chi connectivity index (χ2v) is 7.29. The maximum absolute atomic E-state index is 12.3. The molecule has 1 atom stereocenters. The highest BCUT2D eigenvalue weighted by molar-refractivity contribution is 5.92. The van der Waals surface area contributed by atoms with Crippen LogP contribution in [0.4, 0.5) is 0 Å². The summed E-state index contributed by atoms with van der Waals surface area (Å²) in [5.74, 6) is -0.669. The lowest BCUT2D eigenvalue weighted by molar-refractivity contribution is -0.127. The molecule has 1 unspecified atom stereocenters. The van der Waals surface area contributed by atoms with Gasteiger partial charge in [0.15, 0.2) is 0 Å². The van der Waals surface area contributed by atoms with Gasteiger partial charge in [0.2, 0.25) is 0 Å². The van der Waals surface area contributed by atoms with E-state index in [9.17, 15) is 9.59 Å². The second-order valence-electron chi connectivity index (χ2n) is 7.29. The predicted octanol–water partition coefficient (Wildman–Crippen LogP) is 4.09. The molecule has 138 valence electrons. The van der Waals surface area contributed by atoms with Gasteiger partial charge in [-0.25, -0.2) is 9.80 Å². The number of hydrogen-bond donors (Lipinski definition) is 0. The monoisotopic (exact) mass is 362 g/mol. The molecule has 0 aliphatic carbocycles. The van der Waals surface area contributed by atoms with Gasteiger partial charge in [0.25, 0.3) is 5.91 Å². The standard InChI is InChI=1S/C22H22N2O3/c1-5-19(25)24-20(18-9-7-6-8-17(18)14-23-24)15-10-12-16(13-11-15)21(26)27-22(2,3)4/h5-14,20H,1H2,2-4H3. The topological polar surface area (TPSA) is 59.0 Å². The van der Waals surface area contributed by atoms with E-state index in [1.807, 2.05) is 57.2 Å². The third-order valence-corrected chi connectivity index (χ3v) is 4.12. The number of hydrogen-bond acceptors (Lipinski definition) is 4. The first kappa shape index (κ1) is 18.6. The van der Waals surface area contributed by atoms with Crippen LogP contribution in [0.1, 0.15) is 53.9 Å². The van der Waals surface area contributed by atoms with E-state index >= 15 is 0 Å². The van der Waals surface area contributed by atoms with E-state index in [0.29, 0.717) is 5.56 Å². The van der Waals surface area contributed by atoms with Gasteiger partial charge < -0.3 is 4.74 Å². The fourth-order valence-corrected chi connectivity index (χ4v) is 2.94. The molecule has 0 saturated carbocycles. The van der Waals surface area contributed by atoms with Crippen molar-refractivity contribution >= 4 is 18.1 Å². The highest BCUT2D eigenvalue weighted by atomic mass is 16.6. The van der Waals surface area contributed by atoms with Crippen LogP contribution in [-0.2, 0) is 9.53 Å². The van der Waals surface area contributed by atoms with Crippen LogP contribution in [0.15, 0.2) is 66.3 Å². The van der Waals surface area contributed by atoms with Gasteiger partial charge in [-0.1, -0.05) is 43.0 Å². The minimum Gasteiger partial charge on any atom is -0.456 e. The summed E-state index contributed by atoms with van der Waals surface area (Å²) in [6.45, 7) is 9.05. The molecule has 0 aromatic heterocycles. The average Bonchev–Trinajstić information content (AvgIpc) is 2.65. The third kappa shape index (κ3) is 3.97. The maximum atomic E-state index is 12.3. The summed E-state index contributed by atoms with van der Waals surface area (Å²) in [6, 6.07) is 14.5. The van der Waals surface area contributed by atoms with Crippen molar-refractivity contribution in [3.63, 3.8) is 0 Å². The van der Waals surface area contributed by atoms with E-state index in [-0.39, 0.29) is 17.9 Å². The van der Waals surface area contributed by atoms with E-state index in [2.05, 4.69) is 11.7 Å². The molecule has 1 aliphatic heterocycles. The highest BCUT2D eigenvalue weighted by Crippen LogP contribution is 2.34. The third-order valence-electron chi connectivity index (χ3n) is 4.12. The summed E-state index contributed by atoms with van der Waals surface area (Å²) in [5.41, 5.74) is 2.67. The quantitative estimate of drug-likeness (QED) is 0.610. The van der Waals surface area contributed by atoms with Crippen LogP contribution < -0.4 is 0 Å². The normalized spacial score (nSPS) is 15.8. The molecule has 1 amide bonds. The van der Waals surface area contributed by atoms with Gasteiger partial charge in [-0.2, -0.15) is 5.10 Å². The molecule has 3 rings (SSSR count). The zero-order chi connectivity index (χ0) is 19.6. The Morgan fingerprint density at radius 1 is 1.11 bits per heavy atom. The molecule has 0 radical (unpaired) electrons. The molecular weight excluding hydrogens is 340 g/mol. The molecule has 0 saturated heterocycles. The summed E-state index contributed by atoms with van der Waals surface area (Å²) in [7, 11) is 0. The van der Waals surface area contributed by atoms with Crippen molar-refractivity contribution in [1.29, 1.82) is 0 Å². The largest absolute Gasteiger partial charge is 0.456 e. The summed E-state index contributed by atoms with van der Waals surface area (Å²) in [5, 5.41) is 5.70. The van der Waals surface area contributed by atoms with E-state index in [1.165, 1.54) is 11.1 Å². The first-order valence-electron chi connectivity index (χ1n) is 8.72. The molecule has 5 heteroatoms. The molecule has 0 spiro atoms. The minimum atomic E-state index is -0.556. The molecule has 0 N–H and O–H groups in total. The van der Waals surface area contributed by atoms with E-state index in [0.717, 1.165) is 16.7 Å². The fraction of sp³-hybridized carbons (Fsp3) is 0.227. The van der Waals surface area contributed by atoms with E-state index in [4.69, 9.17) is 4.74 Å². The summed E-state index contributed by atoms with van der Waals surface area (Å²) in [4.78, 5) is 24.6. The maximum Gasteiger partial charge on any atom is 0.338 e. The summed E-state index contributed by atoms with van der Waals surface area (Å²) < 4.78 is 5.40. The van der Waals surface area contributed by atoms with Crippen LogP contribution in [0.2, 0.25) is 0 Å². The molecule has 2 aromatic rings. The average molecular weight is 362 g/mol. The van der Waals surface area contributed by atoms with Crippen LogP contribution in [0.5, 0.6) is 0 Å². The Kier molecular flexibility index (Phi) is 4.95. The lowest BCUT2D eigenvalue weighted by Crippen LogP contribution is -2.33. The Labute approximate surface area is 159 Å². The van der Waals surface area contributed by atoms with Crippen molar-refractivity contribution in [3.05, 3.63) is 83.4 Å². The van der Waals surface area contributed by atoms with Crippen molar-refractivity contribution in [1.82, 2.24) is 5.01 Å². The van der Waals surface area contributed by atoms with Gasteiger partial charge in [0, 0.05) is 5.56 Å². The molecule has 0 fully saturated rings. The Morgan fingerprint density at radius 2 is 1.78 bits per heavy atom. The molecule has 2 aromatic carbocycles. The van der Waals surface area contributed by atoms with Gasteiger partial charge in [-0.3, -0.25) is 4.79 Å². The number of carbonyl (C=O) groups excluding carboxylic acids is 2. The van der Waals surface area contributed by atoms with Crippen LogP contribution in [0, 0.1) is 0 Å². The van der Waals surface area contributed by atoms with Gasteiger partial charge in [0.05, 0.1) is 11.8 Å². The fourth-order valence-electron chi connectivity index (χ4n) is 2.94. The van der Waals surface area contributed by atoms with Crippen LogP contribution in [0.25, 0.3) is 0 Å². The smallest absolute Gasteiger partial charge is 0.338 e. The van der Waals surface area contributed by atoms with Gasteiger partial charge in [-0.15, -0.1) is 0 Å². The lowest BCUT2D eigenvalue weighted by Gasteiger charge is -2.31. The molecule has 0 bridgehead atoms. The number of esters is 1. The van der Waals surface area contributed by atoms with Crippen molar-refractivity contribution in [2.24, 2.45) is 5.10 Å². The number of fused-ring (bicyclic) bond motifs is 1. The molecule has 1 heterocycles. The molecular formula is C22H22N2O3. The number of ether oxygens (including phenoxy) is 1. The summed E-state index contributed by atoms with van der Waals surface area (Å²) >= 11 is 0. The van der Waals surface area contributed by atoms with Crippen LogP contribution in [0.3, 0.4) is 0 Å². The highest BCUT2D eigenvalue weighted by Gasteiger charge is 2.30. The van der Waals surface area contributed by atoms with Crippen LogP contribution in [-0.4, -0.2) is 28.7 Å².